The number of hydrogen-bond donors (Lipinski definition) is 3. The monoisotopic (exact) mass is 469 g/mol. The van der Waals surface area contributed by atoms with Crippen molar-refractivity contribution in [2.24, 2.45) is 5.92 Å². The topological polar surface area (TPSA) is 79.5 Å². The first-order valence-corrected chi connectivity index (χ1v) is 11.0. The van der Waals surface area contributed by atoms with Crippen molar-refractivity contribution in [3.05, 3.63) is 28.2 Å². The van der Waals surface area contributed by atoms with Crippen LogP contribution in [-0.4, -0.2) is 23.5 Å². The van der Waals surface area contributed by atoms with E-state index in [1.807, 2.05) is 18.2 Å². The Kier molecular flexibility index (Phi) is 9.70. The highest BCUT2D eigenvalue weighted by molar-refractivity contribution is 9.10. The van der Waals surface area contributed by atoms with Gasteiger partial charge >= 0.3 is 0 Å². The van der Waals surface area contributed by atoms with Crippen molar-refractivity contribution in [2.45, 2.75) is 58.3 Å². The summed E-state index contributed by atoms with van der Waals surface area (Å²) in [5.74, 6) is 0.702. The molecule has 6 nitrogen and oxygen atoms in total. The molecule has 0 saturated heterocycles. The smallest absolute Gasteiger partial charge is 0.276 e. The number of nitrogens with one attached hydrogen (secondary N) is 3. The lowest BCUT2D eigenvalue weighted by Gasteiger charge is -2.21. The van der Waals surface area contributed by atoms with Gasteiger partial charge in [0.25, 0.3) is 5.91 Å². The molecule has 1 aromatic rings. The van der Waals surface area contributed by atoms with Gasteiger partial charge in [0.2, 0.25) is 5.91 Å². The quantitative estimate of drug-likeness (QED) is 0.418. The third-order valence-corrected chi connectivity index (χ3v) is 5.66. The van der Waals surface area contributed by atoms with Gasteiger partial charge in [0, 0.05) is 6.42 Å². The number of thiocarbonyl (C=S) groups is 1. The van der Waals surface area contributed by atoms with Crippen LogP contribution in [0.4, 0.5) is 0 Å². The number of benzene rings is 1. The first kappa shape index (κ1) is 22.6. The number of hydrogen-bond acceptors (Lipinski definition) is 4. The zero-order valence-corrected chi connectivity index (χ0v) is 18.6. The van der Waals surface area contributed by atoms with E-state index in [9.17, 15) is 9.59 Å². The molecule has 0 spiro atoms. The number of hydrazine groups is 1. The second kappa shape index (κ2) is 12.0. The molecular weight excluding hydrogens is 442 g/mol. The van der Waals surface area contributed by atoms with Gasteiger partial charge in [-0.3, -0.25) is 20.4 Å². The van der Waals surface area contributed by atoms with Gasteiger partial charge in [-0.2, -0.15) is 0 Å². The van der Waals surface area contributed by atoms with Crippen molar-refractivity contribution in [1.82, 2.24) is 16.2 Å². The molecule has 1 aromatic carbocycles. The van der Waals surface area contributed by atoms with Crippen molar-refractivity contribution in [3.63, 3.8) is 0 Å². The lowest BCUT2D eigenvalue weighted by molar-refractivity contribution is -0.124. The largest absolute Gasteiger partial charge is 0.483 e. The second-order valence-electron chi connectivity index (χ2n) is 7.00. The Morgan fingerprint density at radius 1 is 1.18 bits per heavy atom. The molecule has 0 aliphatic heterocycles. The van der Waals surface area contributed by atoms with E-state index >= 15 is 0 Å². The molecule has 1 saturated carbocycles. The molecule has 2 rings (SSSR count). The van der Waals surface area contributed by atoms with Gasteiger partial charge in [-0.25, -0.2) is 0 Å². The van der Waals surface area contributed by atoms with Gasteiger partial charge in [-0.15, -0.1) is 0 Å². The van der Waals surface area contributed by atoms with Crippen LogP contribution in [0.3, 0.4) is 0 Å². The molecule has 1 fully saturated rings. The molecule has 0 atom stereocenters. The normalized spacial score (nSPS) is 14.2. The van der Waals surface area contributed by atoms with Crippen LogP contribution in [-0.2, 0) is 16.0 Å². The molecule has 3 N–H and O–H groups in total. The Morgan fingerprint density at radius 2 is 1.93 bits per heavy atom. The van der Waals surface area contributed by atoms with Gasteiger partial charge in [0.15, 0.2) is 11.7 Å². The zero-order chi connectivity index (χ0) is 20.4. The van der Waals surface area contributed by atoms with E-state index in [-0.39, 0.29) is 17.6 Å². The summed E-state index contributed by atoms with van der Waals surface area (Å²) >= 11 is 8.47. The Balaban J connectivity index is 1.62. The number of rotatable bonds is 7. The highest BCUT2D eigenvalue weighted by Crippen LogP contribution is 2.27. The van der Waals surface area contributed by atoms with Crippen LogP contribution in [0.15, 0.2) is 22.7 Å². The maximum absolute atomic E-state index is 12.0. The van der Waals surface area contributed by atoms with Crippen LogP contribution in [0, 0.1) is 5.92 Å². The fourth-order valence-corrected chi connectivity index (χ4v) is 3.92. The van der Waals surface area contributed by atoms with E-state index in [0.29, 0.717) is 18.1 Å². The van der Waals surface area contributed by atoms with Crippen molar-refractivity contribution in [2.75, 3.05) is 6.61 Å². The van der Waals surface area contributed by atoms with Gasteiger partial charge in [-0.05, 0) is 64.6 Å². The Bertz CT molecular complexity index is 693. The van der Waals surface area contributed by atoms with Crippen LogP contribution in [0.1, 0.15) is 57.4 Å². The fraction of sp³-hybridized carbons (Fsp3) is 0.550. The predicted molar refractivity (Wildman–Crippen MR) is 117 cm³/mol. The van der Waals surface area contributed by atoms with Gasteiger partial charge < -0.3 is 10.1 Å². The number of aryl methyl sites for hydroxylation is 1. The van der Waals surface area contributed by atoms with E-state index in [1.54, 1.807) is 0 Å². The SMILES string of the molecule is CCc1ccc(OCC(=O)NNC(=S)NC(=O)CCC2CCCCC2)c(Br)c1. The van der Waals surface area contributed by atoms with E-state index in [1.165, 1.54) is 37.7 Å². The van der Waals surface area contributed by atoms with Gasteiger partial charge in [0.1, 0.15) is 5.75 Å². The van der Waals surface area contributed by atoms with Crippen LogP contribution < -0.4 is 20.9 Å². The first-order valence-electron chi connectivity index (χ1n) is 9.77. The van der Waals surface area contributed by atoms with Crippen molar-refractivity contribution in [3.8, 4) is 5.75 Å². The number of halogens is 1. The summed E-state index contributed by atoms with van der Waals surface area (Å²) in [5.41, 5.74) is 6.12. The summed E-state index contributed by atoms with van der Waals surface area (Å²) in [7, 11) is 0. The van der Waals surface area contributed by atoms with Crippen molar-refractivity contribution >= 4 is 45.1 Å². The van der Waals surface area contributed by atoms with Crippen molar-refractivity contribution in [1.29, 1.82) is 0 Å². The maximum Gasteiger partial charge on any atom is 0.276 e. The van der Waals surface area contributed by atoms with E-state index in [4.69, 9.17) is 17.0 Å². The minimum atomic E-state index is -0.398. The molecule has 0 radical (unpaired) electrons. The standard InChI is InChI=1S/C20H28BrN3O3S/c1-2-14-8-10-17(16(21)12-14)27-13-19(26)23-24-20(28)22-18(25)11-9-15-6-4-3-5-7-15/h8,10,12,15H,2-7,9,11,13H2,1H3,(H,23,26)(H2,22,24,25,28). The third kappa shape index (κ3) is 8.14. The molecule has 28 heavy (non-hydrogen) atoms. The summed E-state index contributed by atoms with van der Waals surface area (Å²) in [6, 6.07) is 5.73. The molecule has 1 aliphatic carbocycles. The minimum Gasteiger partial charge on any atom is -0.483 e. The minimum absolute atomic E-state index is 0.0791. The van der Waals surface area contributed by atoms with E-state index < -0.39 is 5.91 Å². The molecule has 2 amide bonds. The molecule has 0 heterocycles. The van der Waals surface area contributed by atoms with Gasteiger partial charge in [0.05, 0.1) is 4.47 Å². The van der Waals surface area contributed by atoms with Crippen molar-refractivity contribution < 1.29 is 14.3 Å². The third-order valence-electron chi connectivity index (χ3n) is 4.84. The summed E-state index contributed by atoms with van der Waals surface area (Å²) in [4.78, 5) is 23.8. The molecule has 8 heteroatoms. The summed E-state index contributed by atoms with van der Waals surface area (Å²) < 4.78 is 6.29. The maximum atomic E-state index is 12.0. The van der Waals surface area contributed by atoms with Crippen LogP contribution >= 0.6 is 28.1 Å². The second-order valence-corrected chi connectivity index (χ2v) is 8.26. The lowest BCUT2D eigenvalue weighted by atomic mass is 9.86. The molecule has 0 bridgehead atoms. The van der Waals surface area contributed by atoms with Crippen LogP contribution in [0.5, 0.6) is 5.75 Å². The highest BCUT2D eigenvalue weighted by atomic mass is 79.9. The Labute approximate surface area is 180 Å². The molecular formula is C20H28BrN3O3S. The number of carbonyl (C=O) groups is 2. The molecule has 0 unspecified atom stereocenters. The van der Waals surface area contributed by atoms with Crippen LogP contribution in [0.25, 0.3) is 0 Å². The predicted octanol–water partition coefficient (Wildman–Crippen LogP) is 3.77. The first-order chi connectivity index (χ1) is 13.5. The Morgan fingerprint density at radius 3 is 2.61 bits per heavy atom. The molecule has 0 aromatic heterocycles. The summed E-state index contributed by atoms with van der Waals surface area (Å²) in [6.45, 7) is 1.90. The molecule has 1 aliphatic rings. The van der Waals surface area contributed by atoms with Gasteiger partial charge in [-0.1, -0.05) is 45.1 Å². The average molecular weight is 470 g/mol. The fourth-order valence-electron chi connectivity index (χ4n) is 3.22. The van der Waals surface area contributed by atoms with Crippen LogP contribution in [0.2, 0.25) is 0 Å². The van der Waals surface area contributed by atoms with E-state index in [0.717, 1.165) is 17.3 Å². The summed E-state index contributed by atoms with van der Waals surface area (Å²) in [6.07, 6.45) is 8.52. The van der Waals surface area contributed by atoms with E-state index in [2.05, 4.69) is 39.0 Å². The zero-order valence-electron chi connectivity index (χ0n) is 16.2. The molecule has 154 valence electrons. The average Bonchev–Trinajstić information content (AvgIpc) is 2.70. The number of amides is 2. The lowest BCUT2D eigenvalue weighted by Crippen LogP contribution is -2.49. The highest BCUT2D eigenvalue weighted by Gasteiger charge is 2.15. The number of carbonyl (C=O) groups excluding carboxylic acids is 2. The summed E-state index contributed by atoms with van der Waals surface area (Å²) in [5, 5.41) is 2.67. The Hall–Kier alpha value is -1.67. The number of ether oxygens (including phenoxy) is 1.